The first kappa shape index (κ1) is 21.7. The molecule has 2 aromatic rings. The first-order valence-electron chi connectivity index (χ1n) is 5.31. The Hall–Kier alpha value is 0.408. The number of thioether (sulfide) groups is 2. The average Bonchev–Trinajstić information content (AvgIpc) is 2.37. The van der Waals surface area contributed by atoms with Gasteiger partial charge in [-0.15, -0.1) is 23.5 Å². The Morgan fingerprint density at radius 1 is 0.579 bits per heavy atom. The summed E-state index contributed by atoms with van der Waals surface area (Å²) in [7, 11) is 0. The van der Waals surface area contributed by atoms with Gasteiger partial charge in [-0.3, -0.25) is 0 Å². The number of halogens is 2. The Balaban J connectivity index is 0. The van der Waals surface area contributed by atoms with Crippen molar-refractivity contribution in [1.82, 2.24) is 0 Å². The molecule has 0 unspecified atom stereocenters. The Kier molecular flexibility index (Phi) is 15.3. The van der Waals surface area contributed by atoms with Crippen LogP contribution in [0.25, 0.3) is 0 Å². The van der Waals surface area contributed by atoms with Crippen molar-refractivity contribution >= 4 is 23.5 Å². The van der Waals surface area contributed by atoms with Gasteiger partial charge >= 0.3 is 21.1 Å². The molecule has 0 saturated heterocycles. The van der Waals surface area contributed by atoms with Gasteiger partial charge in [-0.25, -0.2) is 0 Å². The zero-order valence-corrected chi connectivity index (χ0v) is 15.5. The molecule has 0 aliphatic heterocycles. The first-order chi connectivity index (χ1) is 7.95. The summed E-state index contributed by atoms with van der Waals surface area (Å²) in [6.07, 6.45) is 0. The summed E-state index contributed by atoms with van der Waals surface area (Å²) in [6.45, 7) is 0. The molecule has 2 rings (SSSR count). The molecule has 106 valence electrons. The zero-order chi connectivity index (χ0) is 11.1. The van der Waals surface area contributed by atoms with E-state index in [1.807, 2.05) is 23.5 Å². The third-order valence-electron chi connectivity index (χ3n) is 2.11. The minimum atomic E-state index is 0. The van der Waals surface area contributed by atoms with E-state index >= 15 is 0 Å². The van der Waals surface area contributed by atoms with Gasteiger partial charge in [0.2, 0.25) is 0 Å². The molecule has 0 fully saturated rings. The van der Waals surface area contributed by atoms with Crippen LogP contribution in [0.3, 0.4) is 0 Å². The minimum Gasteiger partial charge on any atom is -1.00 e. The minimum absolute atomic E-state index is 0. The summed E-state index contributed by atoms with van der Waals surface area (Å²) >= 11 is 3.84. The van der Waals surface area contributed by atoms with Crippen LogP contribution >= 0.6 is 23.5 Å². The van der Waals surface area contributed by atoms with E-state index in [9.17, 15) is 0 Å². The molecule has 0 spiro atoms. The average molecular weight is 512 g/mol. The Morgan fingerprint density at radius 2 is 0.895 bits per heavy atom. The number of benzene rings is 2. The molecule has 0 bridgehead atoms. The molecular formula is C14H14Cl2PtS2. The molecule has 0 aliphatic rings. The van der Waals surface area contributed by atoms with Gasteiger partial charge in [0.05, 0.1) is 0 Å². The summed E-state index contributed by atoms with van der Waals surface area (Å²) in [6, 6.07) is 21.1. The Labute approximate surface area is 150 Å². The predicted molar refractivity (Wildman–Crippen MR) is 74.3 cm³/mol. The fourth-order valence-corrected chi connectivity index (χ4v) is 3.19. The van der Waals surface area contributed by atoms with E-state index in [4.69, 9.17) is 0 Å². The van der Waals surface area contributed by atoms with Crippen LogP contribution in [-0.4, -0.2) is 11.5 Å². The Bertz CT molecular complexity index is 371. The molecule has 19 heavy (non-hydrogen) atoms. The molecule has 0 heterocycles. The molecule has 0 atom stereocenters. The SMILES string of the molecule is [Cl-].[Cl-].[Pt+2].c1ccc(SCCSc2ccccc2)cc1. The molecular weight excluding hydrogens is 498 g/mol. The molecule has 2 aromatic carbocycles. The zero-order valence-electron chi connectivity index (χ0n) is 10.1. The third-order valence-corrected chi connectivity index (χ3v) is 4.39. The monoisotopic (exact) mass is 511 g/mol. The van der Waals surface area contributed by atoms with E-state index in [0.29, 0.717) is 0 Å². The second-order valence-corrected chi connectivity index (χ2v) is 5.66. The first-order valence-corrected chi connectivity index (χ1v) is 7.28. The normalized spacial score (nSPS) is 8.63. The van der Waals surface area contributed by atoms with Gasteiger partial charge in [-0.1, -0.05) is 36.4 Å². The van der Waals surface area contributed by atoms with Crippen LogP contribution in [0.1, 0.15) is 0 Å². The second-order valence-electron chi connectivity index (χ2n) is 3.32. The molecule has 0 nitrogen and oxygen atoms in total. The van der Waals surface area contributed by atoms with E-state index < -0.39 is 0 Å². The fourth-order valence-electron chi connectivity index (χ4n) is 1.35. The van der Waals surface area contributed by atoms with Crippen molar-refractivity contribution in [3.05, 3.63) is 60.7 Å². The van der Waals surface area contributed by atoms with Gasteiger partial charge in [-0.2, -0.15) is 0 Å². The summed E-state index contributed by atoms with van der Waals surface area (Å²) in [4.78, 5) is 2.72. The smallest absolute Gasteiger partial charge is 1.00 e. The van der Waals surface area contributed by atoms with Crippen molar-refractivity contribution in [2.45, 2.75) is 9.79 Å². The molecule has 0 saturated carbocycles. The molecule has 5 heteroatoms. The number of rotatable bonds is 5. The summed E-state index contributed by atoms with van der Waals surface area (Å²) in [5.74, 6) is 2.31. The molecule has 0 aromatic heterocycles. The predicted octanol–water partition coefficient (Wildman–Crippen LogP) is -1.42. The molecule has 0 aliphatic carbocycles. The van der Waals surface area contributed by atoms with E-state index in [0.717, 1.165) is 11.5 Å². The van der Waals surface area contributed by atoms with Gasteiger partial charge < -0.3 is 24.8 Å². The van der Waals surface area contributed by atoms with E-state index in [1.165, 1.54) is 9.79 Å². The van der Waals surface area contributed by atoms with Crippen molar-refractivity contribution in [3.63, 3.8) is 0 Å². The van der Waals surface area contributed by atoms with E-state index in [2.05, 4.69) is 60.7 Å². The maximum absolute atomic E-state index is 2.16. The summed E-state index contributed by atoms with van der Waals surface area (Å²) in [5.41, 5.74) is 0. The van der Waals surface area contributed by atoms with Crippen LogP contribution in [-0.2, 0) is 21.1 Å². The standard InChI is InChI=1S/C14H14S2.2ClH.Pt/c1-3-7-13(8-4-1)15-11-12-16-14-9-5-2-6-10-14;;;/h1-10H,11-12H2;2*1H;/q;;;+2/p-2. The van der Waals surface area contributed by atoms with Crippen molar-refractivity contribution in [2.75, 3.05) is 11.5 Å². The summed E-state index contributed by atoms with van der Waals surface area (Å²) in [5, 5.41) is 0. The van der Waals surface area contributed by atoms with Crippen molar-refractivity contribution in [3.8, 4) is 0 Å². The quantitative estimate of drug-likeness (QED) is 0.357. The fraction of sp³-hybridized carbons (Fsp3) is 0.143. The molecule has 0 N–H and O–H groups in total. The van der Waals surface area contributed by atoms with Gasteiger partial charge in [0.25, 0.3) is 0 Å². The van der Waals surface area contributed by atoms with Gasteiger partial charge in [0.1, 0.15) is 0 Å². The Morgan fingerprint density at radius 3 is 1.21 bits per heavy atom. The molecule has 0 radical (unpaired) electrons. The van der Waals surface area contributed by atoms with Crippen molar-refractivity contribution < 1.29 is 45.9 Å². The maximum Gasteiger partial charge on any atom is 2.00 e. The van der Waals surface area contributed by atoms with Crippen molar-refractivity contribution in [2.24, 2.45) is 0 Å². The van der Waals surface area contributed by atoms with Crippen LogP contribution in [0.15, 0.2) is 70.5 Å². The van der Waals surface area contributed by atoms with Crippen LogP contribution in [0.2, 0.25) is 0 Å². The third kappa shape index (κ3) is 9.04. The number of hydrogen-bond acceptors (Lipinski definition) is 2. The maximum atomic E-state index is 2.16. The van der Waals surface area contributed by atoms with Crippen LogP contribution in [0, 0.1) is 0 Å². The second kappa shape index (κ2) is 13.4. The van der Waals surface area contributed by atoms with Gasteiger partial charge in [-0.05, 0) is 24.3 Å². The van der Waals surface area contributed by atoms with E-state index in [-0.39, 0.29) is 45.9 Å². The largest absolute Gasteiger partial charge is 2.00 e. The molecule has 0 amide bonds. The summed E-state index contributed by atoms with van der Waals surface area (Å²) < 4.78 is 0. The van der Waals surface area contributed by atoms with E-state index in [1.54, 1.807) is 0 Å². The van der Waals surface area contributed by atoms with Gasteiger partial charge in [0.15, 0.2) is 0 Å². The van der Waals surface area contributed by atoms with Crippen LogP contribution < -0.4 is 24.8 Å². The number of hydrogen-bond donors (Lipinski definition) is 0. The van der Waals surface area contributed by atoms with Crippen molar-refractivity contribution in [1.29, 1.82) is 0 Å². The van der Waals surface area contributed by atoms with Gasteiger partial charge in [0, 0.05) is 21.3 Å². The topological polar surface area (TPSA) is 0 Å². The van der Waals surface area contributed by atoms with Crippen LogP contribution in [0.5, 0.6) is 0 Å². The van der Waals surface area contributed by atoms with Crippen LogP contribution in [0.4, 0.5) is 0 Å².